The van der Waals surface area contributed by atoms with Crippen molar-refractivity contribution < 1.29 is 0 Å². The molecule has 0 unspecified atom stereocenters. The molecule has 4 aromatic carbocycles. The van der Waals surface area contributed by atoms with Gasteiger partial charge in [-0.15, -0.1) is 0 Å². The van der Waals surface area contributed by atoms with Crippen LogP contribution in [0.4, 0.5) is 0 Å². The van der Waals surface area contributed by atoms with E-state index in [1.807, 2.05) is 24.3 Å². The summed E-state index contributed by atoms with van der Waals surface area (Å²) in [6.07, 6.45) is 0. The first-order valence-electron chi connectivity index (χ1n) is 10.3. The van der Waals surface area contributed by atoms with Gasteiger partial charge in [0, 0.05) is 0 Å². The van der Waals surface area contributed by atoms with E-state index in [9.17, 15) is 0 Å². The molecule has 0 spiro atoms. The molecule has 0 aliphatic carbocycles. The summed E-state index contributed by atoms with van der Waals surface area (Å²) in [5.41, 5.74) is 6.80. The molecule has 0 aromatic heterocycles. The maximum absolute atomic E-state index is 7.50. The summed E-state index contributed by atoms with van der Waals surface area (Å²) in [6, 6.07) is 41.8. The Morgan fingerprint density at radius 2 is 0.613 bits per heavy atom. The van der Waals surface area contributed by atoms with Gasteiger partial charge in [-0.1, -0.05) is 0 Å². The second kappa shape index (κ2) is 8.55. The SMILES string of the molecule is [Cl][Ge]1([Cl])[C](c2ccccc2)=C(c2ccccc2)C(c2ccccc2)=[C]1c1ccccc1. The molecular weight excluding hydrogens is 480 g/mol. The standard InChI is InChI=1S/C28H20Cl2Ge/c29-31(30)27(23-17-9-3-10-18-23)25(21-13-5-1-6-14-21)26(22-15-7-2-8-16-22)28(31)24-19-11-4-12-20-24/h1-20H. The van der Waals surface area contributed by atoms with E-state index >= 15 is 0 Å². The average molecular weight is 500 g/mol. The molecule has 0 nitrogen and oxygen atoms in total. The van der Waals surface area contributed by atoms with Crippen molar-refractivity contribution in [2.75, 3.05) is 0 Å². The van der Waals surface area contributed by atoms with Gasteiger partial charge in [-0.05, 0) is 0 Å². The van der Waals surface area contributed by atoms with Crippen molar-refractivity contribution in [1.29, 1.82) is 0 Å². The van der Waals surface area contributed by atoms with Crippen LogP contribution in [0.15, 0.2) is 121 Å². The van der Waals surface area contributed by atoms with Crippen LogP contribution in [-0.2, 0) is 0 Å². The second-order valence-electron chi connectivity index (χ2n) is 7.54. The molecule has 0 N–H and O–H groups in total. The van der Waals surface area contributed by atoms with Crippen LogP contribution in [0.5, 0.6) is 0 Å². The quantitative estimate of drug-likeness (QED) is 0.248. The van der Waals surface area contributed by atoms with Gasteiger partial charge in [-0.2, -0.15) is 0 Å². The van der Waals surface area contributed by atoms with E-state index in [4.69, 9.17) is 20.0 Å². The van der Waals surface area contributed by atoms with Crippen LogP contribution in [0.1, 0.15) is 22.3 Å². The van der Waals surface area contributed by atoms with E-state index in [1.165, 1.54) is 0 Å². The molecule has 4 aromatic rings. The first kappa shape index (κ1) is 20.4. The summed E-state index contributed by atoms with van der Waals surface area (Å²) < 4.78 is 2.21. The summed E-state index contributed by atoms with van der Waals surface area (Å²) in [4.78, 5) is 0. The maximum atomic E-state index is 7.50. The Bertz CT molecular complexity index is 1160. The van der Waals surface area contributed by atoms with E-state index in [0.29, 0.717) is 0 Å². The van der Waals surface area contributed by atoms with E-state index in [1.54, 1.807) is 0 Å². The van der Waals surface area contributed by atoms with Crippen LogP contribution in [0.2, 0.25) is 0 Å². The molecule has 0 saturated carbocycles. The Kier molecular flexibility index (Phi) is 5.62. The van der Waals surface area contributed by atoms with Gasteiger partial charge < -0.3 is 0 Å². The molecule has 31 heavy (non-hydrogen) atoms. The van der Waals surface area contributed by atoms with Gasteiger partial charge in [0.1, 0.15) is 0 Å². The van der Waals surface area contributed by atoms with Gasteiger partial charge >= 0.3 is 195 Å². The van der Waals surface area contributed by atoms with Crippen LogP contribution < -0.4 is 0 Å². The van der Waals surface area contributed by atoms with E-state index in [-0.39, 0.29) is 0 Å². The molecule has 1 heterocycles. The van der Waals surface area contributed by atoms with Gasteiger partial charge in [-0.25, -0.2) is 0 Å². The Hall–Kier alpha value is -2.52. The monoisotopic (exact) mass is 500 g/mol. The third-order valence-corrected chi connectivity index (χ3v) is 14.5. The molecule has 5 rings (SSSR count). The summed E-state index contributed by atoms with van der Waals surface area (Å²) in [6.45, 7) is 0. The van der Waals surface area contributed by atoms with E-state index < -0.39 is 11.4 Å². The molecule has 0 radical (unpaired) electrons. The molecule has 0 atom stereocenters. The molecule has 1 aliphatic heterocycles. The topological polar surface area (TPSA) is 0 Å². The van der Waals surface area contributed by atoms with Crippen molar-refractivity contribution in [3.63, 3.8) is 0 Å². The summed E-state index contributed by atoms with van der Waals surface area (Å²) in [7, 11) is 15.0. The van der Waals surface area contributed by atoms with Crippen molar-refractivity contribution in [3.05, 3.63) is 144 Å². The second-order valence-corrected chi connectivity index (χ2v) is 18.9. The van der Waals surface area contributed by atoms with Crippen molar-refractivity contribution >= 4 is 51.4 Å². The molecule has 0 bridgehead atoms. The van der Waals surface area contributed by atoms with Gasteiger partial charge in [0.25, 0.3) is 0 Å². The van der Waals surface area contributed by atoms with E-state index in [0.717, 1.165) is 42.2 Å². The molecule has 0 amide bonds. The van der Waals surface area contributed by atoms with Crippen LogP contribution in [0.3, 0.4) is 0 Å². The fourth-order valence-corrected chi connectivity index (χ4v) is 13.8. The Morgan fingerprint density at radius 3 is 0.903 bits per heavy atom. The van der Waals surface area contributed by atoms with Crippen molar-refractivity contribution in [2.45, 2.75) is 0 Å². The third-order valence-electron chi connectivity index (χ3n) is 5.63. The third kappa shape index (κ3) is 3.70. The van der Waals surface area contributed by atoms with Crippen molar-refractivity contribution in [3.8, 4) is 0 Å². The van der Waals surface area contributed by atoms with Crippen molar-refractivity contribution in [1.82, 2.24) is 0 Å². The van der Waals surface area contributed by atoms with Crippen LogP contribution in [-0.4, -0.2) is 11.4 Å². The number of halogens is 2. The Morgan fingerprint density at radius 1 is 0.355 bits per heavy atom. The van der Waals surface area contributed by atoms with Gasteiger partial charge in [0.15, 0.2) is 0 Å². The fraction of sp³-hybridized carbons (Fsp3) is 0. The average Bonchev–Trinajstić information content (AvgIpc) is 3.08. The number of hydrogen-bond acceptors (Lipinski definition) is 0. The van der Waals surface area contributed by atoms with Crippen LogP contribution in [0, 0.1) is 0 Å². The first-order chi connectivity index (χ1) is 15.2. The fourth-order valence-electron chi connectivity index (χ4n) is 4.34. The zero-order valence-corrected chi connectivity index (χ0v) is 20.4. The number of hydrogen-bond donors (Lipinski definition) is 0. The summed E-state index contributed by atoms with van der Waals surface area (Å²) in [5, 5.41) is 0. The van der Waals surface area contributed by atoms with E-state index in [2.05, 4.69) is 97.1 Å². The number of benzene rings is 4. The molecule has 0 saturated heterocycles. The number of rotatable bonds is 4. The van der Waals surface area contributed by atoms with Crippen LogP contribution >= 0.6 is 20.0 Å². The zero-order chi connectivity index (χ0) is 21.3. The Labute approximate surface area is 194 Å². The molecular formula is C28H20Cl2Ge. The Balaban J connectivity index is 1.92. The summed E-state index contributed by atoms with van der Waals surface area (Å²) >= 11 is -3.72. The van der Waals surface area contributed by atoms with Crippen molar-refractivity contribution in [2.24, 2.45) is 0 Å². The number of allylic oxidation sites excluding steroid dienone is 2. The van der Waals surface area contributed by atoms with Gasteiger partial charge in [-0.3, -0.25) is 0 Å². The molecule has 0 fully saturated rings. The minimum absolute atomic E-state index is 1.10. The molecule has 1 aliphatic rings. The molecule has 150 valence electrons. The molecule has 3 heteroatoms. The first-order valence-corrected chi connectivity index (χ1v) is 17.9. The predicted molar refractivity (Wildman–Crippen MR) is 137 cm³/mol. The van der Waals surface area contributed by atoms with Crippen LogP contribution in [0.25, 0.3) is 20.0 Å². The zero-order valence-electron chi connectivity index (χ0n) is 16.8. The van der Waals surface area contributed by atoms with Gasteiger partial charge in [0.2, 0.25) is 0 Å². The predicted octanol–water partition coefficient (Wildman–Crippen LogP) is 8.22. The summed E-state index contributed by atoms with van der Waals surface area (Å²) in [5.74, 6) is 0. The normalized spacial score (nSPS) is 15.4. The minimum atomic E-state index is -3.72. The van der Waals surface area contributed by atoms with Gasteiger partial charge in [0.05, 0.1) is 0 Å².